The smallest absolute Gasteiger partial charge is 0.418 e. The highest BCUT2D eigenvalue weighted by Gasteiger charge is 2.33. The van der Waals surface area contributed by atoms with Crippen molar-refractivity contribution in [1.29, 1.82) is 0 Å². The fourth-order valence-corrected chi connectivity index (χ4v) is 5.62. The van der Waals surface area contributed by atoms with Crippen LogP contribution in [0.1, 0.15) is 23.1 Å². The van der Waals surface area contributed by atoms with Gasteiger partial charge in [-0.25, -0.2) is 8.42 Å². The maximum absolute atomic E-state index is 13.3. The quantitative estimate of drug-likeness (QED) is 0.503. The van der Waals surface area contributed by atoms with Gasteiger partial charge in [0, 0.05) is 6.54 Å². The average Bonchev–Trinajstić information content (AvgIpc) is 2.82. The van der Waals surface area contributed by atoms with Crippen LogP contribution in [0.15, 0.2) is 71.6 Å². The standard InChI is InChI=1S/C25H23F3N2O4S/c1-17-15-19(35(32,33)30-14-6-8-18-7-2-5-11-22(18)30)12-13-23(17)34-16-24(31)29-21-10-4-3-9-20(21)25(26,27)28/h2-5,7,9-13,15H,6,8,14,16H2,1H3,(H,29,31). The Kier molecular flexibility index (Phi) is 6.75. The second-order valence-corrected chi connectivity index (χ2v) is 9.98. The number of carbonyl (C=O) groups excluding carboxylic acids is 1. The van der Waals surface area contributed by atoms with Crippen LogP contribution in [0.5, 0.6) is 5.75 Å². The van der Waals surface area contributed by atoms with E-state index in [0.29, 0.717) is 24.2 Å². The number of hydrogen-bond acceptors (Lipinski definition) is 4. The van der Waals surface area contributed by atoms with Gasteiger partial charge in [-0.1, -0.05) is 30.3 Å². The Bertz CT molecular complexity index is 1360. The molecule has 0 atom stereocenters. The minimum Gasteiger partial charge on any atom is -0.483 e. The van der Waals surface area contributed by atoms with Crippen LogP contribution in [0.3, 0.4) is 0 Å². The Hall–Kier alpha value is -3.53. The molecule has 6 nitrogen and oxygen atoms in total. The first-order valence-electron chi connectivity index (χ1n) is 10.9. The van der Waals surface area contributed by atoms with Gasteiger partial charge >= 0.3 is 6.18 Å². The number of fused-ring (bicyclic) bond motifs is 1. The summed E-state index contributed by atoms with van der Waals surface area (Å²) in [6.07, 6.45) is -3.09. The van der Waals surface area contributed by atoms with Gasteiger partial charge in [0.1, 0.15) is 5.75 Å². The van der Waals surface area contributed by atoms with E-state index in [-0.39, 0.29) is 16.3 Å². The van der Waals surface area contributed by atoms with Crippen molar-refractivity contribution in [1.82, 2.24) is 0 Å². The number of hydrogen-bond donors (Lipinski definition) is 1. The van der Waals surface area contributed by atoms with E-state index in [0.717, 1.165) is 24.1 Å². The predicted octanol–water partition coefficient (Wildman–Crippen LogP) is 5.17. The van der Waals surface area contributed by atoms with Crippen molar-refractivity contribution in [3.8, 4) is 5.75 Å². The lowest BCUT2D eigenvalue weighted by molar-refractivity contribution is -0.137. The normalized spacial score (nSPS) is 13.8. The number of nitrogens with zero attached hydrogens (tertiary/aromatic N) is 1. The monoisotopic (exact) mass is 504 g/mol. The number of benzene rings is 3. The summed E-state index contributed by atoms with van der Waals surface area (Å²) in [5, 5.41) is 2.21. The van der Waals surface area contributed by atoms with Crippen LogP contribution >= 0.6 is 0 Å². The van der Waals surface area contributed by atoms with Gasteiger partial charge in [-0.05, 0) is 67.3 Å². The number of nitrogens with one attached hydrogen (secondary N) is 1. The zero-order valence-corrected chi connectivity index (χ0v) is 19.6. The molecule has 0 radical (unpaired) electrons. The van der Waals surface area contributed by atoms with Crippen molar-refractivity contribution in [2.75, 3.05) is 22.8 Å². The van der Waals surface area contributed by atoms with Crippen LogP contribution in [-0.4, -0.2) is 27.5 Å². The molecule has 10 heteroatoms. The molecule has 1 aliphatic rings. The molecule has 3 aromatic carbocycles. The zero-order chi connectivity index (χ0) is 25.2. The number of carbonyl (C=O) groups is 1. The summed E-state index contributed by atoms with van der Waals surface area (Å²) in [7, 11) is -3.81. The van der Waals surface area contributed by atoms with Crippen molar-refractivity contribution in [2.24, 2.45) is 0 Å². The Morgan fingerprint density at radius 3 is 2.51 bits per heavy atom. The van der Waals surface area contributed by atoms with Gasteiger partial charge in [-0.3, -0.25) is 9.10 Å². The number of alkyl halides is 3. The third kappa shape index (κ3) is 5.27. The highest BCUT2D eigenvalue weighted by atomic mass is 32.2. The summed E-state index contributed by atoms with van der Waals surface area (Å²) >= 11 is 0. The van der Waals surface area contributed by atoms with Crippen molar-refractivity contribution in [3.63, 3.8) is 0 Å². The maximum Gasteiger partial charge on any atom is 0.418 e. The number of aryl methyl sites for hydroxylation is 2. The number of halogens is 3. The minimum absolute atomic E-state index is 0.0857. The second kappa shape index (κ2) is 9.61. The molecule has 1 heterocycles. The van der Waals surface area contributed by atoms with E-state index in [2.05, 4.69) is 5.32 Å². The van der Waals surface area contributed by atoms with E-state index < -0.39 is 34.3 Å². The number of amides is 1. The zero-order valence-electron chi connectivity index (χ0n) is 18.8. The largest absolute Gasteiger partial charge is 0.483 e. The Morgan fingerprint density at radius 2 is 1.77 bits per heavy atom. The number of para-hydroxylation sites is 2. The lowest BCUT2D eigenvalue weighted by Crippen LogP contribution is -2.35. The van der Waals surface area contributed by atoms with Gasteiger partial charge in [-0.15, -0.1) is 0 Å². The van der Waals surface area contributed by atoms with Crippen LogP contribution in [0.4, 0.5) is 24.5 Å². The molecule has 35 heavy (non-hydrogen) atoms. The minimum atomic E-state index is -4.61. The summed E-state index contributed by atoms with van der Waals surface area (Å²) in [6, 6.07) is 16.3. The summed E-state index contributed by atoms with van der Waals surface area (Å²) in [4.78, 5) is 12.3. The molecule has 0 saturated heterocycles. The lowest BCUT2D eigenvalue weighted by Gasteiger charge is -2.30. The molecule has 1 N–H and O–H groups in total. The highest BCUT2D eigenvalue weighted by molar-refractivity contribution is 7.92. The molecule has 0 spiro atoms. The molecule has 1 aliphatic heterocycles. The third-order valence-electron chi connectivity index (χ3n) is 5.67. The molecule has 0 bridgehead atoms. The molecule has 4 rings (SSSR count). The molecule has 0 unspecified atom stereocenters. The number of rotatable bonds is 6. The van der Waals surface area contributed by atoms with Gasteiger partial charge in [0.25, 0.3) is 15.9 Å². The lowest BCUT2D eigenvalue weighted by atomic mass is 10.0. The van der Waals surface area contributed by atoms with Gasteiger partial charge in [-0.2, -0.15) is 13.2 Å². The van der Waals surface area contributed by atoms with Gasteiger partial charge in [0.2, 0.25) is 0 Å². The average molecular weight is 505 g/mol. The first kappa shape index (κ1) is 24.6. The Morgan fingerprint density at radius 1 is 1.06 bits per heavy atom. The van der Waals surface area contributed by atoms with Gasteiger partial charge < -0.3 is 10.1 Å². The molecule has 0 aliphatic carbocycles. The molecule has 0 aromatic heterocycles. The molecular formula is C25H23F3N2O4S. The van der Waals surface area contributed by atoms with Crippen LogP contribution in [0.25, 0.3) is 0 Å². The molecule has 0 fully saturated rings. The number of anilines is 2. The van der Waals surface area contributed by atoms with Crippen molar-refractivity contribution in [3.05, 3.63) is 83.4 Å². The summed E-state index contributed by atoms with van der Waals surface area (Å²) in [5.74, 6) is -0.523. The van der Waals surface area contributed by atoms with E-state index in [1.807, 2.05) is 12.1 Å². The SMILES string of the molecule is Cc1cc(S(=O)(=O)N2CCCc3ccccc32)ccc1OCC(=O)Nc1ccccc1C(F)(F)F. The fourth-order valence-electron chi connectivity index (χ4n) is 3.99. The highest BCUT2D eigenvalue weighted by Crippen LogP contribution is 2.35. The van der Waals surface area contributed by atoms with Crippen LogP contribution in [0.2, 0.25) is 0 Å². The number of sulfonamides is 1. The second-order valence-electron chi connectivity index (χ2n) is 8.12. The van der Waals surface area contributed by atoms with E-state index in [9.17, 15) is 26.4 Å². The molecule has 1 amide bonds. The predicted molar refractivity (Wildman–Crippen MR) is 126 cm³/mol. The Labute approximate surface area is 201 Å². The first-order valence-corrected chi connectivity index (χ1v) is 12.3. The van der Waals surface area contributed by atoms with E-state index in [1.165, 1.54) is 34.6 Å². The first-order chi connectivity index (χ1) is 16.6. The van der Waals surface area contributed by atoms with Crippen LogP contribution < -0.4 is 14.4 Å². The van der Waals surface area contributed by atoms with E-state index >= 15 is 0 Å². The summed E-state index contributed by atoms with van der Waals surface area (Å²) < 4.78 is 72.9. The maximum atomic E-state index is 13.3. The van der Waals surface area contributed by atoms with Gasteiger partial charge in [0.15, 0.2) is 6.61 Å². The van der Waals surface area contributed by atoms with Crippen molar-refractivity contribution < 1.29 is 31.1 Å². The molecular weight excluding hydrogens is 481 g/mol. The number of ether oxygens (including phenoxy) is 1. The van der Waals surface area contributed by atoms with Crippen molar-refractivity contribution in [2.45, 2.75) is 30.8 Å². The van der Waals surface area contributed by atoms with Gasteiger partial charge in [0.05, 0.1) is 21.8 Å². The molecule has 3 aromatic rings. The third-order valence-corrected chi connectivity index (χ3v) is 7.48. The molecule has 0 saturated carbocycles. The van der Waals surface area contributed by atoms with E-state index in [4.69, 9.17) is 4.74 Å². The van der Waals surface area contributed by atoms with Crippen molar-refractivity contribution >= 4 is 27.3 Å². The van der Waals surface area contributed by atoms with Crippen LogP contribution in [-0.2, 0) is 27.4 Å². The summed E-state index contributed by atoms with van der Waals surface area (Å²) in [5.41, 5.74) is 0.775. The molecule has 184 valence electrons. The van der Waals surface area contributed by atoms with Crippen LogP contribution in [0, 0.1) is 6.92 Å². The van der Waals surface area contributed by atoms with E-state index in [1.54, 1.807) is 19.1 Å². The fraction of sp³-hybridized carbons (Fsp3) is 0.240. The Balaban J connectivity index is 1.47. The topological polar surface area (TPSA) is 75.7 Å². The summed E-state index contributed by atoms with van der Waals surface area (Å²) in [6.45, 7) is 1.46.